The van der Waals surface area contributed by atoms with Crippen LogP contribution < -0.4 is 34.4 Å². The molecule has 0 amide bonds. The summed E-state index contributed by atoms with van der Waals surface area (Å²) in [5.41, 5.74) is 29.6. The molecule has 0 aromatic carbocycles. The van der Waals surface area contributed by atoms with Crippen LogP contribution in [-0.4, -0.2) is 129 Å². The molecule has 0 aromatic rings. The van der Waals surface area contributed by atoms with Gasteiger partial charge in [-0.2, -0.15) is 0 Å². The van der Waals surface area contributed by atoms with E-state index < -0.39 is 17.1 Å². The van der Waals surface area contributed by atoms with Gasteiger partial charge in [0.1, 0.15) is 0 Å². The molecule has 0 heterocycles. The molecule has 0 fully saturated rings. The second-order valence-electron chi connectivity index (χ2n) is 9.11. The maximum absolute atomic E-state index is 8.54. The van der Waals surface area contributed by atoms with Crippen molar-refractivity contribution in [2.75, 3.05) is 59.3 Å². The summed E-state index contributed by atoms with van der Waals surface area (Å²) in [5, 5.41) is 65.9. The summed E-state index contributed by atoms with van der Waals surface area (Å²) in [6.45, 7) is 9.84. The van der Waals surface area contributed by atoms with Gasteiger partial charge in [0.15, 0.2) is 0 Å². The zero-order valence-corrected chi connectivity index (χ0v) is 24.0. The molecule has 0 saturated carbocycles. The fourth-order valence-corrected chi connectivity index (χ4v) is 0.660. The topological polar surface area (TPSA) is 318 Å². The quantitative estimate of drug-likeness (QED) is 0.102. The highest BCUT2D eigenvalue weighted by molar-refractivity contribution is 4.74. The Hall–Kier alpha value is -0.560. The zero-order chi connectivity index (χ0) is 30.9. The standard InChI is InChI=1S/C4H11NO2.4C4H11NO.C3H9NO2/c1-4(5,2-6)3-7;1-4(2,5)3-6;1-2-4(5)3-6;1-2-4(6)3-5;5-3-1-2-4-6;4-3(1-5)2-6/h6-7H,2-3,5H2,1H3;6H,3,5H2,1-2H3;2*4,6H,2-3,5H2,1H3;6H,1-5H2;3,5-6H,1-2,4H2. The van der Waals surface area contributed by atoms with Gasteiger partial charge in [0.05, 0.1) is 57.3 Å². The summed E-state index contributed by atoms with van der Waals surface area (Å²) >= 11 is 0. The minimum absolute atomic E-state index is 0.00926. The van der Waals surface area contributed by atoms with Crippen LogP contribution in [0.4, 0.5) is 0 Å². The van der Waals surface area contributed by atoms with E-state index in [1.54, 1.807) is 20.8 Å². The Kier molecular flexibility index (Phi) is 50.2. The first kappa shape index (κ1) is 49.4. The van der Waals surface area contributed by atoms with Crippen molar-refractivity contribution in [1.82, 2.24) is 0 Å². The lowest BCUT2D eigenvalue weighted by molar-refractivity contribution is 0.134. The smallest absolute Gasteiger partial charge is 0.0659 e. The molecular formula is C23H64N6O8. The van der Waals surface area contributed by atoms with E-state index in [1.165, 1.54) is 0 Å². The molecule has 14 nitrogen and oxygen atoms in total. The van der Waals surface area contributed by atoms with Gasteiger partial charge < -0.3 is 75.3 Å². The average molecular weight is 553 g/mol. The van der Waals surface area contributed by atoms with Crippen molar-refractivity contribution < 1.29 is 40.9 Å². The molecule has 14 heteroatoms. The van der Waals surface area contributed by atoms with Crippen molar-refractivity contribution in [3.8, 4) is 0 Å². The number of aliphatic hydroxyl groups is 8. The Bertz CT molecular complexity index is 336. The lowest BCUT2D eigenvalue weighted by atomic mass is 10.1. The van der Waals surface area contributed by atoms with Gasteiger partial charge in [-0.25, -0.2) is 0 Å². The fourth-order valence-electron chi connectivity index (χ4n) is 0.660. The highest BCUT2D eigenvalue weighted by Crippen LogP contribution is 1.92. The Balaban J connectivity index is -0.0000000780. The minimum Gasteiger partial charge on any atom is -0.396 e. The van der Waals surface area contributed by atoms with Crippen LogP contribution in [0.2, 0.25) is 0 Å². The van der Waals surface area contributed by atoms with Crippen LogP contribution >= 0.6 is 0 Å². The van der Waals surface area contributed by atoms with E-state index in [0.29, 0.717) is 13.1 Å². The minimum atomic E-state index is -0.806. The summed E-state index contributed by atoms with van der Waals surface area (Å²) < 4.78 is 0. The molecule has 0 aliphatic carbocycles. The number of nitrogens with two attached hydrogens (primary N) is 6. The summed E-state index contributed by atoms with van der Waals surface area (Å²) in [5.74, 6) is 0. The third kappa shape index (κ3) is 72.1. The second-order valence-corrected chi connectivity index (χ2v) is 9.11. The van der Waals surface area contributed by atoms with Crippen molar-refractivity contribution in [1.29, 1.82) is 0 Å². The lowest BCUT2D eigenvalue weighted by Gasteiger charge is -2.16. The summed E-state index contributed by atoms with van der Waals surface area (Å²) in [7, 11) is 0. The highest BCUT2D eigenvalue weighted by atomic mass is 16.3. The van der Waals surface area contributed by atoms with Crippen LogP contribution in [0, 0.1) is 0 Å². The Morgan fingerprint density at radius 3 is 1.05 bits per heavy atom. The molecule has 0 aliphatic heterocycles. The van der Waals surface area contributed by atoms with E-state index in [2.05, 4.69) is 0 Å². The van der Waals surface area contributed by atoms with E-state index in [4.69, 9.17) is 75.3 Å². The summed E-state index contributed by atoms with van der Waals surface area (Å²) in [6, 6.07) is -0.463. The van der Waals surface area contributed by atoms with Crippen molar-refractivity contribution in [2.24, 2.45) is 34.4 Å². The first-order chi connectivity index (χ1) is 17.0. The first-order valence-electron chi connectivity index (χ1n) is 12.5. The molecule has 20 N–H and O–H groups in total. The molecule has 2 unspecified atom stereocenters. The van der Waals surface area contributed by atoms with E-state index in [9.17, 15) is 0 Å². The van der Waals surface area contributed by atoms with Gasteiger partial charge in [-0.15, -0.1) is 0 Å². The average Bonchev–Trinajstić information content (AvgIpc) is 2.91. The Morgan fingerprint density at radius 2 is 1.03 bits per heavy atom. The molecule has 0 spiro atoms. The van der Waals surface area contributed by atoms with Crippen LogP contribution in [0.15, 0.2) is 0 Å². The number of hydrogen-bond donors (Lipinski definition) is 14. The number of rotatable bonds is 12. The number of hydrogen-bond acceptors (Lipinski definition) is 14. The summed E-state index contributed by atoms with van der Waals surface area (Å²) in [6.07, 6.45) is 3.12. The van der Waals surface area contributed by atoms with E-state index in [-0.39, 0.29) is 58.4 Å². The predicted molar refractivity (Wildman–Crippen MR) is 150 cm³/mol. The van der Waals surface area contributed by atoms with Gasteiger partial charge in [-0.1, -0.05) is 13.8 Å². The van der Waals surface area contributed by atoms with E-state index in [0.717, 1.165) is 25.7 Å². The summed E-state index contributed by atoms with van der Waals surface area (Å²) in [4.78, 5) is 0. The molecule has 0 rings (SSSR count). The molecule has 0 radical (unpaired) electrons. The monoisotopic (exact) mass is 552 g/mol. The molecule has 234 valence electrons. The van der Waals surface area contributed by atoms with Crippen molar-refractivity contribution in [2.45, 2.75) is 89.6 Å². The predicted octanol–water partition coefficient (Wildman–Crippen LogP) is -4.15. The number of unbranched alkanes of at least 4 members (excludes halogenated alkanes) is 1. The maximum Gasteiger partial charge on any atom is 0.0659 e. The third-order valence-corrected chi connectivity index (χ3v) is 3.71. The van der Waals surface area contributed by atoms with Crippen molar-refractivity contribution in [3.05, 3.63) is 0 Å². The van der Waals surface area contributed by atoms with Crippen molar-refractivity contribution >= 4 is 0 Å². The molecule has 0 aromatic heterocycles. The lowest BCUT2D eigenvalue weighted by Crippen LogP contribution is -2.43. The van der Waals surface area contributed by atoms with Gasteiger partial charge in [0.2, 0.25) is 0 Å². The Morgan fingerprint density at radius 1 is 0.649 bits per heavy atom. The molecule has 0 bridgehead atoms. The zero-order valence-electron chi connectivity index (χ0n) is 24.0. The molecule has 37 heavy (non-hydrogen) atoms. The van der Waals surface area contributed by atoms with Gasteiger partial charge in [0.25, 0.3) is 0 Å². The Labute approximate surface area is 224 Å². The molecule has 2 atom stereocenters. The largest absolute Gasteiger partial charge is 0.396 e. The van der Waals surface area contributed by atoms with Crippen LogP contribution in [0.25, 0.3) is 0 Å². The molecule has 0 saturated heterocycles. The fraction of sp³-hybridized carbons (Fsp3) is 1.00. The van der Waals surface area contributed by atoms with Gasteiger partial charge in [-0.05, 0) is 53.0 Å². The van der Waals surface area contributed by atoms with Crippen LogP contribution in [0.1, 0.15) is 60.3 Å². The molecule has 0 aliphatic rings. The number of aliphatic hydroxyl groups excluding tert-OH is 8. The van der Waals surface area contributed by atoms with Crippen LogP contribution in [-0.2, 0) is 0 Å². The third-order valence-electron chi connectivity index (χ3n) is 3.71. The van der Waals surface area contributed by atoms with E-state index >= 15 is 0 Å². The normalized spacial score (nSPS) is 12.0. The second kappa shape index (κ2) is 37.6. The van der Waals surface area contributed by atoms with Crippen LogP contribution in [0.3, 0.4) is 0 Å². The van der Waals surface area contributed by atoms with E-state index in [1.807, 2.05) is 13.8 Å². The molecular weight excluding hydrogens is 488 g/mol. The van der Waals surface area contributed by atoms with Crippen LogP contribution in [0.5, 0.6) is 0 Å². The highest BCUT2D eigenvalue weighted by Gasteiger charge is 2.13. The first-order valence-corrected chi connectivity index (χ1v) is 12.5. The van der Waals surface area contributed by atoms with Gasteiger partial charge >= 0.3 is 0 Å². The maximum atomic E-state index is 8.54. The van der Waals surface area contributed by atoms with Gasteiger partial charge in [0, 0.05) is 24.7 Å². The van der Waals surface area contributed by atoms with Gasteiger partial charge in [-0.3, -0.25) is 0 Å². The SMILES string of the molecule is CC(C)(N)CO.CC(N)(CO)CO.CCC(N)CO.CCC(O)CN.NC(CO)CO.NCCCCO. The van der Waals surface area contributed by atoms with Crippen molar-refractivity contribution in [3.63, 3.8) is 0 Å².